The lowest BCUT2D eigenvalue weighted by Crippen LogP contribution is -2.49. The van der Waals surface area contributed by atoms with E-state index in [0.29, 0.717) is 30.1 Å². The fourth-order valence-electron chi connectivity index (χ4n) is 2.90. The summed E-state index contributed by atoms with van der Waals surface area (Å²) in [5.74, 6) is 0.388. The van der Waals surface area contributed by atoms with Crippen LogP contribution < -0.4 is 5.73 Å². The average Bonchev–Trinajstić information content (AvgIpc) is 2.45. The third-order valence-electron chi connectivity index (χ3n) is 4.03. The van der Waals surface area contributed by atoms with Crippen LogP contribution in [0.4, 0.5) is 5.69 Å². The second-order valence-electron chi connectivity index (χ2n) is 5.83. The van der Waals surface area contributed by atoms with Crippen molar-refractivity contribution in [1.29, 1.82) is 0 Å². The van der Waals surface area contributed by atoms with Gasteiger partial charge in [-0.2, -0.15) is 0 Å². The summed E-state index contributed by atoms with van der Waals surface area (Å²) in [6.45, 7) is 4.98. The van der Waals surface area contributed by atoms with Crippen molar-refractivity contribution >= 4 is 24.0 Å². The van der Waals surface area contributed by atoms with Crippen molar-refractivity contribution in [3.8, 4) is 0 Å². The number of hydrogen-bond acceptors (Lipinski definition) is 4. The highest BCUT2D eigenvalue weighted by molar-refractivity contribution is 5.95. The molecule has 2 unspecified atom stereocenters. The van der Waals surface area contributed by atoms with Gasteiger partial charge in [-0.15, -0.1) is 12.4 Å². The Bertz CT molecular complexity index is 565. The first kappa shape index (κ1) is 18.4. The molecule has 0 saturated carbocycles. The van der Waals surface area contributed by atoms with E-state index in [4.69, 9.17) is 5.73 Å². The van der Waals surface area contributed by atoms with Crippen molar-refractivity contribution in [3.05, 3.63) is 39.4 Å². The van der Waals surface area contributed by atoms with E-state index in [0.717, 1.165) is 12.8 Å². The predicted molar refractivity (Wildman–Crippen MR) is 87.4 cm³/mol. The first-order chi connectivity index (χ1) is 9.92. The number of nitrogens with two attached hydrogens (primary N) is 1. The van der Waals surface area contributed by atoms with Crippen LogP contribution in [-0.2, 0) is 0 Å². The molecule has 1 heterocycles. The summed E-state index contributed by atoms with van der Waals surface area (Å²) in [6.07, 6.45) is 1.83. The fourth-order valence-corrected chi connectivity index (χ4v) is 2.90. The predicted octanol–water partition coefficient (Wildman–Crippen LogP) is 2.52. The molecular formula is C15H22ClN3O3. The van der Waals surface area contributed by atoms with Gasteiger partial charge in [0.25, 0.3) is 11.6 Å². The molecule has 6 nitrogen and oxygen atoms in total. The third-order valence-corrected chi connectivity index (χ3v) is 4.03. The number of benzene rings is 1. The zero-order chi connectivity index (χ0) is 15.6. The fraction of sp³-hybridized carbons (Fsp3) is 0.533. The van der Waals surface area contributed by atoms with Crippen LogP contribution >= 0.6 is 12.4 Å². The second-order valence-corrected chi connectivity index (χ2v) is 5.83. The Labute approximate surface area is 136 Å². The lowest BCUT2D eigenvalue weighted by Gasteiger charge is -2.38. The normalized spacial score (nSPS) is 21.1. The standard InChI is InChI=1S/C15H21N3O3.ClH/c1-10-3-4-17(14(6-10)9-16)15(19)12-5-11(2)7-13(8-12)18(20)21;/h5,7-8,10,14H,3-4,6,9,16H2,1-2H3;1H. The Kier molecular flexibility index (Phi) is 6.32. The van der Waals surface area contributed by atoms with Crippen molar-refractivity contribution in [3.63, 3.8) is 0 Å². The molecule has 22 heavy (non-hydrogen) atoms. The molecule has 0 radical (unpaired) electrons. The number of amides is 1. The maximum absolute atomic E-state index is 12.7. The number of non-ortho nitro benzene ring substituents is 1. The number of hydrogen-bond donors (Lipinski definition) is 1. The minimum atomic E-state index is -0.470. The quantitative estimate of drug-likeness (QED) is 0.682. The molecule has 2 N–H and O–H groups in total. The number of aryl methyl sites for hydroxylation is 1. The SMILES string of the molecule is Cc1cc(C(=O)N2CCC(C)CC2CN)cc([N+](=O)[O-])c1.Cl. The van der Waals surface area contributed by atoms with Crippen molar-refractivity contribution in [2.45, 2.75) is 32.7 Å². The lowest BCUT2D eigenvalue weighted by molar-refractivity contribution is -0.384. The minimum Gasteiger partial charge on any atom is -0.334 e. The van der Waals surface area contributed by atoms with E-state index in [1.807, 2.05) is 0 Å². The number of nitrogens with zero attached hydrogens (tertiary/aromatic N) is 2. The number of carbonyl (C=O) groups is 1. The molecule has 1 fully saturated rings. The molecule has 0 spiro atoms. The molecular weight excluding hydrogens is 306 g/mol. The monoisotopic (exact) mass is 327 g/mol. The molecule has 0 bridgehead atoms. The minimum absolute atomic E-state index is 0. The van der Waals surface area contributed by atoms with Crippen molar-refractivity contribution in [2.75, 3.05) is 13.1 Å². The van der Waals surface area contributed by atoms with Crippen LogP contribution in [0, 0.1) is 23.0 Å². The molecule has 0 aromatic heterocycles. The zero-order valence-corrected chi connectivity index (χ0v) is 13.6. The maximum Gasteiger partial charge on any atom is 0.270 e. The van der Waals surface area contributed by atoms with Gasteiger partial charge in [-0.1, -0.05) is 6.92 Å². The number of carbonyl (C=O) groups excluding carboxylic acids is 1. The van der Waals surface area contributed by atoms with Crippen LogP contribution in [0.1, 0.15) is 35.7 Å². The number of nitro benzene ring substituents is 1. The number of piperidine rings is 1. The second kappa shape index (κ2) is 7.56. The number of likely N-dealkylation sites (tertiary alicyclic amines) is 1. The van der Waals surface area contributed by atoms with Crippen molar-refractivity contribution < 1.29 is 9.72 Å². The molecule has 1 aliphatic rings. The van der Waals surface area contributed by atoms with E-state index in [2.05, 4.69) is 6.92 Å². The van der Waals surface area contributed by atoms with Crippen LogP contribution in [0.3, 0.4) is 0 Å². The topological polar surface area (TPSA) is 89.5 Å². The van der Waals surface area contributed by atoms with Crippen LogP contribution in [0.25, 0.3) is 0 Å². The van der Waals surface area contributed by atoms with Gasteiger partial charge in [-0.25, -0.2) is 0 Å². The highest BCUT2D eigenvalue weighted by atomic mass is 35.5. The van der Waals surface area contributed by atoms with Crippen LogP contribution in [0.2, 0.25) is 0 Å². The van der Waals surface area contributed by atoms with Crippen LogP contribution in [0.5, 0.6) is 0 Å². The van der Waals surface area contributed by atoms with Gasteiger partial charge in [0, 0.05) is 36.8 Å². The van der Waals surface area contributed by atoms with E-state index in [1.54, 1.807) is 17.9 Å². The average molecular weight is 328 g/mol. The number of halogens is 1. The van der Waals surface area contributed by atoms with Gasteiger partial charge >= 0.3 is 0 Å². The molecule has 2 atom stereocenters. The maximum atomic E-state index is 12.7. The summed E-state index contributed by atoms with van der Waals surface area (Å²) < 4.78 is 0. The van der Waals surface area contributed by atoms with E-state index in [9.17, 15) is 14.9 Å². The molecule has 122 valence electrons. The van der Waals surface area contributed by atoms with E-state index in [1.165, 1.54) is 12.1 Å². The number of nitro groups is 1. The van der Waals surface area contributed by atoms with Gasteiger partial charge in [0.15, 0.2) is 0 Å². The Hall–Kier alpha value is -1.66. The molecule has 1 amide bonds. The van der Waals surface area contributed by atoms with Gasteiger partial charge in [-0.3, -0.25) is 14.9 Å². The van der Waals surface area contributed by atoms with E-state index < -0.39 is 4.92 Å². The lowest BCUT2D eigenvalue weighted by atomic mass is 9.91. The van der Waals surface area contributed by atoms with Gasteiger partial charge in [-0.05, 0) is 37.3 Å². The van der Waals surface area contributed by atoms with Gasteiger partial charge in [0.2, 0.25) is 0 Å². The smallest absolute Gasteiger partial charge is 0.270 e. The molecule has 1 aromatic rings. The van der Waals surface area contributed by atoms with Gasteiger partial charge in [0.05, 0.1) is 4.92 Å². The largest absolute Gasteiger partial charge is 0.334 e. The summed E-state index contributed by atoms with van der Waals surface area (Å²) in [5.41, 5.74) is 6.81. The zero-order valence-electron chi connectivity index (χ0n) is 12.8. The third kappa shape index (κ3) is 3.96. The highest BCUT2D eigenvalue weighted by Gasteiger charge is 2.30. The van der Waals surface area contributed by atoms with Gasteiger partial charge < -0.3 is 10.6 Å². The van der Waals surface area contributed by atoms with E-state index >= 15 is 0 Å². The summed E-state index contributed by atoms with van der Waals surface area (Å²) in [5, 5.41) is 10.9. The molecule has 2 rings (SSSR count). The Balaban J connectivity index is 0.00000242. The van der Waals surface area contributed by atoms with Gasteiger partial charge in [0.1, 0.15) is 0 Å². The number of rotatable bonds is 3. The molecule has 1 saturated heterocycles. The summed E-state index contributed by atoms with van der Waals surface area (Å²) in [6, 6.07) is 4.53. The highest BCUT2D eigenvalue weighted by Crippen LogP contribution is 2.25. The Morgan fingerprint density at radius 2 is 2.14 bits per heavy atom. The Morgan fingerprint density at radius 1 is 1.45 bits per heavy atom. The Morgan fingerprint density at radius 3 is 2.73 bits per heavy atom. The van der Waals surface area contributed by atoms with E-state index in [-0.39, 0.29) is 30.0 Å². The summed E-state index contributed by atoms with van der Waals surface area (Å²) >= 11 is 0. The van der Waals surface area contributed by atoms with Crippen molar-refractivity contribution in [1.82, 2.24) is 4.90 Å². The molecule has 1 aliphatic heterocycles. The van der Waals surface area contributed by atoms with Crippen LogP contribution in [-0.4, -0.2) is 34.9 Å². The first-order valence-corrected chi connectivity index (χ1v) is 7.19. The molecule has 0 aliphatic carbocycles. The van der Waals surface area contributed by atoms with Crippen LogP contribution in [0.15, 0.2) is 18.2 Å². The molecule has 7 heteroatoms. The summed E-state index contributed by atoms with van der Waals surface area (Å²) in [7, 11) is 0. The molecule has 1 aromatic carbocycles. The first-order valence-electron chi connectivity index (χ1n) is 7.19. The summed E-state index contributed by atoms with van der Waals surface area (Å²) in [4.78, 5) is 24.9. The van der Waals surface area contributed by atoms with Crippen molar-refractivity contribution in [2.24, 2.45) is 11.7 Å².